The maximum atomic E-state index is 13.0. The van der Waals surface area contributed by atoms with E-state index in [2.05, 4.69) is 16.7 Å². The van der Waals surface area contributed by atoms with Crippen molar-refractivity contribution in [3.63, 3.8) is 0 Å². The summed E-state index contributed by atoms with van der Waals surface area (Å²) >= 11 is 1.83. The van der Waals surface area contributed by atoms with Crippen LogP contribution in [0.4, 0.5) is 0 Å². The first-order chi connectivity index (χ1) is 17.6. The highest BCUT2D eigenvalue weighted by Gasteiger charge is 2.53. The predicted molar refractivity (Wildman–Crippen MR) is 141 cm³/mol. The summed E-state index contributed by atoms with van der Waals surface area (Å²) in [5.41, 5.74) is 1.75. The number of nitrogens with one attached hydrogen (secondary N) is 2. The molecule has 7 heteroatoms. The summed E-state index contributed by atoms with van der Waals surface area (Å²) in [7, 11) is 0. The number of nitrogens with zero attached hydrogens (tertiary/aromatic N) is 1. The van der Waals surface area contributed by atoms with E-state index in [0.717, 1.165) is 45.9 Å². The van der Waals surface area contributed by atoms with Crippen LogP contribution >= 0.6 is 11.8 Å². The second-order valence-corrected chi connectivity index (χ2v) is 12.9. The Hall–Kier alpha value is -1.86. The summed E-state index contributed by atoms with van der Waals surface area (Å²) in [6.07, 6.45) is 13.1. The van der Waals surface area contributed by atoms with Crippen LogP contribution in [0.1, 0.15) is 86.6 Å². The molecule has 6 nitrogen and oxygen atoms in total. The van der Waals surface area contributed by atoms with Crippen molar-refractivity contribution in [1.82, 2.24) is 15.5 Å². The minimum atomic E-state index is -0.547. The zero-order valence-electron chi connectivity index (χ0n) is 21.2. The largest absolute Gasteiger partial charge is 0.322 e. The van der Waals surface area contributed by atoms with Gasteiger partial charge in [0.2, 0.25) is 11.8 Å². The van der Waals surface area contributed by atoms with Crippen molar-refractivity contribution in [2.45, 2.75) is 94.2 Å². The number of benzene rings is 1. The van der Waals surface area contributed by atoms with Crippen molar-refractivity contribution in [2.75, 3.05) is 12.3 Å². The Morgan fingerprint density at radius 2 is 1.81 bits per heavy atom. The van der Waals surface area contributed by atoms with Crippen molar-refractivity contribution in [3.8, 4) is 0 Å². The molecule has 0 spiro atoms. The summed E-state index contributed by atoms with van der Waals surface area (Å²) in [4.78, 5) is 39.6. The van der Waals surface area contributed by atoms with E-state index in [9.17, 15) is 14.4 Å². The molecule has 6 aliphatic rings. The van der Waals surface area contributed by atoms with Crippen molar-refractivity contribution in [2.24, 2.45) is 23.7 Å². The van der Waals surface area contributed by atoms with Gasteiger partial charge in [0, 0.05) is 29.5 Å². The molecule has 7 rings (SSSR count). The number of hydrogen-bond acceptors (Lipinski definition) is 5. The molecule has 4 aliphatic carbocycles. The predicted octanol–water partition coefficient (Wildman–Crippen LogP) is 4.51. The fraction of sp³-hybridized carbons (Fsp3) is 0.690. The van der Waals surface area contributed by atoms with Gasteiger partial charge in [0.05, 0.1) is 0 Å². The highest BCUT2D eigenvalue weighted by molar-refractivity contribution is 7.99. The molecule has 2 N–H and O–H groups in total. The number of carbonyl (C=O) groups excluding carboxylic acids is 3. The van der Waals surface area contributed by atoms with Gasteiger partial charge >= 0.3 is 0 Å². The van der Waals surface area contributed by atoms with Gasteiger partial charge in [0.15, 0.2) is 0 Å². The van der Waals surface area contributed by atoms with Gasteiger partial charge in [0.1, 0.15) is 6.04 Å². The molecule has 0 aromatic heterocycles. The standard InChI is InChI=1S/C29H39N3O3S/c33-26-10-9-24(28(34)31-26)32-17-23-21(29(32)35)7-6-8-25(23)36-12-5-3-1-2-4-11-30-27-20-14-18-13-19(16-20)22(27)15-18/h6-8,18-20,22,24,27,30H,1-5,9-17H2,(H,31,33,34). The van der Waals surface area contributed by atoms with Crippen molar-refractivity contribution >= 4 is 29.5 Å². The Kier molecular flexibility index (Phi) is 7.13. The third-order valence-corrected chi connectivity index (χ3v) is 10.7. The van der Waals surface area contributed by atoms with Gasteiger partial charge in [-0.15, -0.1) is 11.8 Å². The highest BCUT2D eigenvalue weighted by atomic mass is 32.2. The van der Waals surface area contributed by atoms with E-state index in [1.165, 1.54) is 64.3 Å². The molecule has 6 unspecified atom stereocenters. The molecular weight excluding hydrogens is 470 g/mol. The SMILES string of the molecule is O=C1CCC(N2Cc3c(SCCCCCCCNC4C5CC6CC(C5)C4C6)cccc3C2=O)C(=O)N1. The molecule has 1 saturated heterocycles. The average molecular weight is 510 g/mol. The van der Waals surface area contributed by atoms with Gasteiger partial charge in [-0.3, -0.25) is 19.7 Å². The summed E-state index contributed by atoms with van der Waals surface area (Å²) in [6.45, 7) is 1.65. The van der Waals surface area contributed by atoms with Gasteiger partial charge in [-0.1, -0.05) is 25.3 Å². The Morgan fingerprint density at radius 1 is 0.972 bits per heavy atom. The van der Waals surface area contributed by atoms with Gasteiger partial charge in [-0.2, -0.15) is 0 Å². The summed E-state index contributed by atoms with van der Waals surface area (Å²) < 4.78 is 0. The Labute approximate surface area is 218 Å². The minimum absolute atomic E-state index is 0.0891. The van der Waals surface area contributed by atoms with Crippen LogP contribution in [0.25, 0.3) is 0 Å². The van der Waals surface area contributed by atoms with Crippen LogP contribution in [0.2, 0.25) is 0 Å². The van der Waals surface area contributed by atoms with Gasteiger partial charge in [-0.05, 0) is 98.6 Å². The topological polar surface area (TPSA) is 78.5 Å². The monoisotopic (exact) mass is 509 g/mol. The number of imide groups is 1. The molecule has 1 aromatic carbocycles. The molecule has 2 heterocycles. The number of carbonyl (C=O) groups is 3. The number of unbranched alkanes of at least 4 members (excludes halogenated alkanes) is 4. The van der Waals surface area contributed by atoms with Gasteiger partial charge in [0.25, 0.3) is 5.91 Å². The second-order valence-electron chi connectivity index (χ2n) is 11.8. The molecule has 6 atom stereocenters. The van der Waals surface area contributed by atoms with Crippen LogP contribution < -0.4 is 10.6 Å². The third-order valence-electron chi connectivity index (χ3n) is 9.56. The zero-order valence-corrected chi connectivity index (χ0v) is 22.0. The number of piperidine rings is 1. The van der Waals surface area contributed by atoms with Crippen LogP contribution in [0.15, 0.2) is 23.1 Å². The van der Waals surface area contributed by atoms with Gasteiger partial charge in [-0.25, -0.2) is 0 Å². The van der Waals surface area contributed by atoms with Crippen LogP contribution in [-0.4, -0.2) is 47.0 Å². The first-order valence-corrected chi connectivity index (χ1v) is 15.2. The highest BCUT2D eigenvalue weighted by Crippen LogP contribution is 2.58. The molecule has 3 amide bonds. The molecular formula is C29H39N3O3S. The molecule has 2 aliphatic heterocycles. The fourth-order valence-electron chi connectivity index (χ4n) is 7.95. The molecule has 5 fully saturated rings. The van der Waals surface area contributed by atoms with E-state index in [4.69, 9.17) is 0 Å². The fourth-order valence-corrected chi connectivity index (χ4v) is 9.05. The number of hydrogen-bond donors (Lipinski definition) is 2. The second kappa shape index (κ2) is 10.5. The number of amides is 3. The van der Waals surface area contributed by atoms with Crippen molar-refractivity contribution in [1.29, 1.82) is 0 Å². The first kappa shape index (κ1) is 24.5. The number of rotatable bonds is 11. The number of thioether (sulfide) groups is 1. The third kappa shape index (κ3) is 4.73. The lowest BCUT2D eigenvalue weighted by atomic mass is 9.79. The van der Waals surface area contributed by atoms with Crippen molar-refractivity contribution in [3.05, 3.63) is 29.3 Å². The molecule has 36 heavy (non-hydrogen) atoms. The maximum Gasteiger partial charge on any atom is 0.255 e. The van der Waals surface area contributed by atoms with Crippen LogP contribution in [0, 0.1) is 23.7 Å². The Balaban J connectivity index is 0.892. The Bertz CT molecular complexity index is 1030. The zero-order chi connectivity index (χ0) is 24.6. The lowest BCUT2D eigenvalue weighted by molar-refractivity contribution is -0.136. The lowest BCUT2D eigenvalue weighted by Gasteiger charge is -2.33. The molecule has 1 aromatic rings. The normalized spacial score (nSPS) is 32.4. The maximum absolute atomic E-state index is 13.0. The average Bonchev–Trinajstić information content (AvgIpc) is 3.43. The first-order valence-electron chi connectivity index (χ1n) is 14.2. The van der Waals surface area contributed by atoms with E-state index in [1.807, 2.05) is 23.9 Å². The van der Waals surface area contributed by atoms with E-state index in [0.29, 0.717) is 18.5 Å². The smallest absolute Gasteiger partial charge is 0.255 e. The van der Waals surface area contributed by atoms with E-state index < -0.39 is 6.04 Å². The van der Waals surface area contributed by atoms with Gasteiger partial charge < -0.3 is 10.2 Å². The Morgan fingerprint density at radius 3 is 2.67 bits per heavy atom. The molecule has 0 radical (unpaired) electrons. The van der Waals surface area contributed by atoms with Crippen LogP contribution in [0.5, 0.6) is 0 Å². The lowest BCUT2D eigenvalue weighted by Crippen LogP contribution is -2.52. The molecule has 194 valence electrons. The minimum Gasteiger partial charge on any atom is -0.322 e. The summed E-state index contributed by atoms with van der Waals surface area (Å²) in [5.74, 6) is 4.46. The molecule has 4 saturated carbocycles. The van der Waals surface area contributed by atoms with Crippen molar-refractivity contribution < 1.29 is 14.4 Å². The van der Waals surface area contributed by atoms with Crippen LogP contribution in [-0.2, 0) is 16.1 Å². The molecule has 4 bridgehead atoms. The summed E-state index contributed by atoms with van der Waals surface area (Å²) in [5, 5.41) is 6.33. The summed E-state index contributed by atoms with van der Waals surface area (Å²) in [6, 6.07) is 6.19. The van der Waals surface area contributed by atoms with E-state index in [1.54, 1.807) is 4.90 Å². The van der Waals surface area contributed by atoms with E-state index in [-0.39, 0.29) is 24.1 Å². The van der Waals surface area contributed by atoms with Crippen LogP contribution in [0.3, 0.4) is 0 Å². The number of fused-ring (bicyclic) bond motifs is 1. The van der Waals surface area contributed by atoms with E-state index >= 15 is 0 Å². The quantitative estimate of drug-likeness (QED) is 0.261.